The van der Waals surface area contributed by atoms with E-state index in [0.29, 0.717) is 18.5 Å². The zero-order valence-corrected chi connectivity index (χ0v) is 14.8. The van der Waals surface area contributed by atoms with Crippen LogP contribution in [0.1, 0.15) is 27.6 Å². The Morgan fingerprint density at radius 2 is 1.92 bits per heavy atom. The van der Waals surface area contributed by atoms with Gasteiger partial charge in [0.25, 0.3) is 5.91 Å². The second kappa shape index (κ2) is 7.23. The number of carbonyl (C=O) groups excluding carboxylic acids is 1. The van der Waals surface area contributed by atoms with E-state index in [1.54, 1.807) is 23.2 Å². The van der Waals surface area contributed by atoms with Gasteiger partial charge in [0.1, 0.15) is 5.56 Å². The lowest BCUT2D eigenvalue weighted by Crippen LogP contribution is -2.33. The summed E-state index contributed by atoms with van der Waals surface area (Å²) in [7, 11) is -1.86. The monoisotopic (exact) mass is 360 g/mol. The van der Waals surface area contributed by atoms with Gasteiger partial charge in [-0.15, -0.1) is 0 Å². The average molecular weight is 360 g/mol. The summed E-state index contributed by atoms with van der Waals surface area (Å²) in [4.78, 5) is 18.4. The van der Waals surface area contributed by atoms with E-state index in [1.807, 2.05) is 30.3 Å². The van der Waals surface area contributed by atoms with Crippen LogP contribution in [0.2, 0.25) is 0 Å². The van der Waals surface area contributed by atoms with Gasteiger partial charge in [0, 0.05) is 19.3 Å². The minimum atomic E-state index is -3.32. The Morgan fingerprint density at radius 3 is 2.64 bits per heavy atom. The number of pyridine rings is 1. The van der Waals surface area contributed by atoms with E-state index in [4.69, 9.17) is 4.74 Å². The van der Waals surface area contributed by atoms with Crippen LogP contribution in [0.3, 0.4) is 0 Å². The molecule has 3 rings (SSSR count). The molecule has 0 bridgehead atoms. The molecule has 1 amide bonds. The molecule has 132 valence electrons. The molecule has 1 saturated heterocycles. The fourth-order valence-electron chi connectivity index (χ4n) is 3.08. The summed E-state index contributed by atoms with van der Waals surface area (Å²) in [5.41, 5.74) is 1.12. The first-order chi connectivity index (χ1) is 12.0. The Balaban J connectivity index is 1.84. The molecule has 1 aromatic heterocycles. The normalized spacial score (nSPS) is 19.9. The van der Waals surface area contributed by atoms with Crippen molar-refractivity contribution in [2.24, 2.45) is 0 Å². The number of aromatic nitrogens is 1. The molecular formula is C18H20N2O4S. The summed E-state index contributed by atoms with van der Waals surface area (Å²) < 4.78 is 30.5. The third kappa shape index (κ3) is 3.66. The standard InChI is InChI=1S/C18H20N2O4S/c1-24-17-15(8-5-10-19-17)18(21)20-11-9-16(25(22,23)13-12-20)14-6-3-2-4-7-14/h2-8,10,16H,9,11-13H2,1H3. The minimum absolute atomic E-state index is 0.0547. The summed E-state index contributed by atoms with van der Waals surface area (Å²) in [6.45, 7) is 0.540. The number of nitrogens with zero attached hydrogens (tertiary/aromatic N) is 2. The smallest absolute Gasteiger partial charge is 0.259 e. The fraction of sp³-hybridized carbons (Fsp3) is 0.333. The van der Waals surface area contributed by atoms with Gasteiger partial charge in [-0.3, -0.25) is 4.79 Å². The fourth-order valence-corrected chi connectivity index (χ4v) is 4.87. The molecule has 1 unspecified atom stereocenters. The third-order valence-corrected chi connectivity index (χ3v) is 6.52. The van der Waals surface area contributed by atoms with E-state index < -0.39 is 15.1 Å². The van der Waals surface area contributed by atoms with Gasteiger partial charge in [-0.1, -0.05) is 30.3 Å². The zero-order chi connectivity index (χ0) is 17.9. The zero-order valence-electron chi connectivity index (χ0n) is 14.0. The number of hydrogen-bond donors (Lipinski definition) is 0. The molecule has 1 aromatic carbocycles. The van der Waals surface area contributed by atoms with Crippen molar-refractivity contribution < 1.29 is 17.9 Å². The molecule has 0 spiro atoms. The van der Waals surface area contributed by atoms with E-state index in [2.05, 4.69) is 4.98 Å². The molecule has 25 heavy (non-hydrogen) atoms. The van der Waals surface area contributed by atoms with Gasteiger partial charge in [0.05, 0.1) is 18.1 Å². The molecule has 0 radical (unpaired) electrons. The van der Waals surface area contributed by atoms with Crippen LogP contribution in [-0.2, 0) is 9.84 Å². The van der Waals surface area contributed by atoms with Crippen LogP contribution < -0.4 is 4.74 Å². The molecule has 1 atom stereocenters. The lowest BCUT2D eigenvalue weighted by atomic mass is 10.1. The lowest BCUT2D eigenvalue weighted by Gasteiger charge is -2.20. The summed E-state index contributed by atoms with van der Waals surface area (Å²) >= 11 is 0. The first-order valence-corrected chi connectivity index (χ1v) is 9.79. The van der Waals surface area contributed by atoms with Crippen LogP contribution in [0.4, 0.5) is 0 Å². The molecule has 2 aromatic rings. The topological polar surface area (TPSA) is 76.6 Å². The van der Waals surface area contributed by atoms with Crippen LogP contribution in [-0.4, -0.2) is 50.2 Å². The Bertz CT molecular complexity index is 852. The molecule has 0 aliphatic carbocycles. The van der Waals surface area contributed by atoms with Crippen molar-refractivity contribution in [1.29, 1.82) is 0 Å². The lowest BCUT2D eigenvalue weighted by molar-refractivity contribution is 0.0762. The largest absolute Gasteiger partial charge is 0.480 e. The Labute approximate surface area is 147 Å². The second-order valence-corrected chi connectivity index (χ2v) is 8.21. The van der Waals surface area contributed by atoms with Gasteiger partial charge in [-0.05, 0) is 24.1 Å². The van der Waals surface area contributed by atoms with Gasteiger partial charge in [0.2, 0.25) is 5.88 Å². The van der Waals surface area contributed by atoms with E-state index in [0.717, 1.165) is 5.56 Å². The van der Waals surface area contributed by atoms with E-state index in [-0.39, 0.29) is 24.1 Å². The number of rotatable bonds is 3. The molecule has 2 heterocycles. The number of ether oxygens (including phenoxy) is 1. The molecule has 1 fully saturated rings. The molecular weight excluding hydrogens is 340 g/mol. The molecule has 1 aliphatic rings. The van der Waals surface area contributed by atoms with Gasteiger partial charge < -0.3 is 9.64 Å². The quantitative estimate of drug-likeness (QED) is 0.838. The molecule has 1 aliphatic heterocycles. The maximum Gasteiger partial charge on any atom is 0.259 e. The van der Waals surface area contributed by atoms with Gasteiger partial charge in [-0.2, -0.15) is 0 Å². The number of sulfone groups is 1. The van der Waals surface area contributed by atoms with E-state index in [9.17, 15) is 13.2 Å². The SMILES string of the molecule is COc1ncccc1C(=O)N1CCC(c2ccccc2)S(=O)(=O)CC1. The van der Waals surface area contributed by atoms with Crippen LogP contribution in [0, 0.1) is 0 Å². The van der Waals surface area contributed by atoms with Crippen LogP contribution in [0.25, 0.3) is 0 Å². The number of amides is 1. The van der Waals surface area contributed by atoms with Crippen molar-refractivity contribution in [3.8, 4) is 5.88 Å². The molecule has 0 saturated carbocycles. The highest BCUT2D eigenvalue weighted by atomic mass is 32.2. The van der Waals surface area contributed by atoms with Crippen LogP contribution in [0.5, 0.6) is 5.88 Å². The highest BCUT2D eigenvalue weighted by molar-refractivity contribution is 7.91. The van der Waals surface area contributed by atoms with Crippen LogP contribution in [0.15, 0.2) is 48.7 Å². The van der Waals surface area contributed by atoms with Crippen molar-refractivity contribution in [2.75, 3.05) is 26.0 Å². The first-order valence-electron chi connectivity index (χ1n) is 8.08. The highest BCUT2D eigenvalue weighted by Crippen LogP contribution is 2.30. The number of methoxy groups -OCH3 is 1. The maximum atomic E-state index is 12.8. The third-order valence-electron chi connectivity index (χ3n) is 4.39. The van der Waals surface area contributed by atoms with E-state index in [1.165, 1.54) is 7.11 Å². The summed E-state index contributed by atoms with van der Waals surface area (Å²) in [6, 6.07) is 12.5. The van der Waals surface area contributed by atoms with Gasteiger partial charge in [0.15, 0.2) is 9.84 Å². The summed E-state index contributed by atoms with van der Waals surface area (Å²) in [6.07, 6.45) is 1.93. The average Bonchev–Trinajstić information content (AvgIpc) is 2.80. The summed E-state index contributed by atoms with van der Waals surface area (Å²) in [5, 5.41) is -0.581. The van der Waals surface area contributed by atoms with E-state index >= 15 is 0 Å². The van der Waals surface area contributed by atoms with Crippen molar-refractivity contribution in [2.45, 2.75) is 11.7 Å². The van der Waals surface area contributed by atoms with Crippen molar-refractivity contribution in [1.82, 2.24) is 9.88 Å². The molecule has 7 heteroatoms. The Morgan fingerprint density at radius 1 is 1.16 bits per heavy atom. The molecule has 0 N–H and O–H groups in total. The number of benzene rings is 1. The Hall–Kier alpha value is -2.41. The van der Waals surface area contributed by atoms with Gasteiger partial charge >= 0.3 is 0 Å². The minimum Gasteiger partial charge on any atom is -0.480 e. The first kappa shape index (κ1) is 17.4. The van der Waals surface area contributed by atoms with Crippen LogP contribution >= 0.6 is 0 Å². The van der Waals surface area contributed by atoms with Crippen molar-refractivity contribution in [3.05, 3.63) is 59.8 Å². The number of hydrogen-bond acceptors (Lipinski definition) is 5. The second-order valence-electron chi connectivity index (χ2n) is 5.91. The van der Waals surface area contributed by atoms with Crippen molar-refractivity contribution in [3.63, 3.8) is 0 Å². The maximum absolute atomic E-state index is 12.8. The predicted octanol–water partition coefficient (Wildman–Crippen LogP) is 2.09. The molecule has 6 nitrogen and oxygen atoms in total. The Kier molecular flexibility index (Phi) is 5.03. The van der Waals surface area contributed by atoms with Crippen molar-refractivity contribution >= 4 is 15.7 Å². The predicted molar refractivity (Wildman–Crippen MR) is 94.3 cm³/mol. The number of carbonyl (C=O) groups is 1. The van der Waals surface area contributed by atoms with Gasteiger partial charge in [-0.25, -0.2) is 13.4 Å². The summed E-state index contributed by atoms with van der Waals surface area (Å²) in [5.74, 6) is -0.0611. The highest BCUT2D eigenvalue weighted by Gasteiger charge is 2.33.